The maximum absolute atomic E-state index is 9.74. The van der Waals surface area contributed by atoms with Crippen LogP contribution >= 0.6 is 0 Å². The summed E-state index contributed by atoms with van der Waals surface area (Å²) in [6.45, 7) is -0.605. The quantitative estimate of drug-likeness (QED) is 0.358. The molecule has 2 saturated heterocycles. The van der Waals surface area contributed by atoms with Crippen molar-refractivity contribution in [3.63, 3.8) is 0 Å². The van der Waals surface area contributed by atoms with Crippen LogP contribution in [0.5, 0.6) is 0 Å². The molecule has 0 spiro atoms. The molecule has 6 nitrogen and oxygen atoms in total. The lowest BCUT2D eigenvalue weighted by molar-refractivity contribution is -0.264. The van der Waals surface area contributed by atoms with Gasteiger partial charge in [0.1, 0.15) is 23.9 Å². The highest BCUT2D eigenvalue weighted by molar-refractivity contribution is 5.05. The predicted octanol–water partition coefficient (Wildman–Crippen LogP) is -2.81. The number of hydrogen-bond donors (Lipinski definition) is 4. The summed E-state index contributed by atoms with van der Waals surface area (Å²) in [5.41, 5.74) is -1.71. The summed E-state index contributed by atoms with van der Waals surface area (Å²) in [7, 11) is 0. The van der Waals surface area contributed by atoms with Gasteiger partial charge in [0.25, 0.3) is 0 Å². The molecule has 2 heterocycles. The van der Waals surface area contributed by atoms with Gasteiger partial charge < -0.3 is 29.9 Å². The second kappa shape index (κ2) is 2.88. The van der Waals surface area contributed by atoms with Crippen molar-refractivity contribution in [1.29, 1.82) is 0 Å². The summed E-state index contributed by atoms with van der Waals surface area (Å²) in [4.78, 5) is 0. The average molecular weight is 192 g/mol. The number of hydrogen-bond acceptors (Lipinski definition) is 6. The van der Waals surface area contributed by atoms with Crippen molar-refractivity contribution in [3.05, 3.63) is 0 Å². The van der Waals surface area contributed by atoms with Gasteiger partial charge >= 0.3 is 0 Å². The molecule has 13 heavy (non-hydrogen) atoms. The molecule has 0 aromatic rings. The maximum atomic E-state index is 9.74. The third kappa shape index (κ3) is 1.11. The van der Waals surface area contributed by atoms with Gasteiger partial charge in [0, 0.05) is 0 Å². The highest BCUT2D eigenvalue weighted by Gasteiger charge is 2.60. The zero-order valence-electron chi connectivity index (χ0n) is 6.83. The molecule has 0 amide bonds. The van der Waals surface area contributed by atoms with E-state index in [9.17, 15) is 15.3 Å². The van der Waals surface area contributed by atoms with Gasteiger partial charge in [0.15, 0.2) is 6.29 Å². The van der Waals surface area contributed by atoms with E-state index in [-0.39, 0.29) is 6.61 Å². The zero-order valence-corrected chi connectivity index (χ0v) is 6.83. The summed E-state index contributed by atoms with van der Waals surface area (Å²) in [6.07, 6.45) is -4.44. The predicted molar refractivity (Wildman–Crippen MR) is 38.7 cm³/mol. The van der Waals surface area contributed by atoms with E-state index in [4.69, 9.17) is 14.6 Å². The molecule has 5 unspecified atom stereocenters. The molecule has 2 aliphatic rings. The molecule has 2 fully saturated rings. The van der Waals surface area contributed by atoms with Crippen LogP contribution in [-0.4, -0.2) is 63.8 Å². The Balaban J connectivity index is 2.24. The molecule has 6 heteroatoms. The number of aliphatic hydroxyl groups is 4. The fraction of sp³-hybridized carbons (Fsp3) is 1.00. The van der Waals surface area contributed by atoms with Crippen LogP contribution in [0.25, 0.3) is 0 Å². The Bertz CT molecular complexity index is 209. The Kier molecular flexibility index (Phi) is 2.06. The van der Waals surface area contributed by atoms with E-state index in [0.717, 1.165) is 0 Å². The molecule has 0 aromatic heterocycles. The van der Waals surface area contributed by atoms with Gasteiger partial charge in [-0.05, 0) is 0 Å². The summed E-state index contributed by atoms with van der Waals surface area (Å²) >= 11 is 0. The minimum absolute atomic E-state index is 0.184. The summed E-state index contributed by atoms with van der Waals surface area (Å²) < 4.78 is 9.89. The van der Waals surface area contributed by atoms with E-state index in [0.29, 0.717) is 0 Å². The van der Waals surface area contributed by atoms with E-state index in [1.807, 2.05) is 0 Å². The minimum Gasteiger partial charge on any atom is -0.394 e. The molecular weight excluding hydrogens is 180 g/mol. The van der Waals surface area contributed by atoms with Gasteiger partial charge in [-0.15, -0.1) is 0 Å². The van der Waals surface area contributed by atoms with Gasteiger partial charge in [-0.3, -0.25) is 0 Å². The first-order chi connectivity index (χ1) is 6.09. The van der Waals surface area contributed by atoms with Crippen LogP contribution in [0.1, 0.15) is 0 Å². The van der Waals surface area contributed by atoms with E-state index in [1.165, 1.54) is 0 Å². The lowest BCUT2D eigenvalue weighted by Crippen LogP contribution is -2.63. The van der Waals surface area contributed by atoms with Crippen molar-refractivity contribution in [2.75, 3.05) is 13.2 Å². The normalized spacial score (nSPS) is 55.4. The standard InChI is InChI=1S/C7H12O6/c8-1-3-4(9)7(11)2-12-6(13-3)5(7)10/h3-6,8-11H,1-2H2. The van der Waals surface area contributed by atoms with E-state index in [2.05, 4.69) is 0 Å². The second-order valence-electron chi connectivity index (χ2n) is 3.42. The lowest BCUT2D eigenvalue weighted by atomic mass is 9.87. The smallest absolute Gasteiger partial charge is 0.187 e. The average Bonchev–Trinajstić information content (AvgIpc) is 2.32. The van der Waals surface area contributed by atoms with Crippen LogP contribution in [0.3, 0.4) is 0 Å². The fourth-order valence-corrected chi connectivity index (χ4v) is 1.71. The van der Waals surface area contributed by atoms with E-state index in [1.54, 1.807) is 0 Å². The maximum Gasteiger partial charge on any atom is 0.187 e. The van der Waals surface area contributed by atoms with Crippen molar-refractivity contribution >= 4 is 0 Å². The van der Waals surface area contributed by atoms with Gasteiger partial charge in [-0.2, -0.15) is 0 Å². The zero-order chi connectivity index (χ0) is 9.64. The lowest BCUT2D eigenvalue weighted by Gasteiger charge is -2.39. The largest absolute Gasteiger partial charge is 0.394 e. The van der Waals surface area contributed by atoms with Crippen molar-refractivity contribution in [2.24, 2.45) is 0 Å². The Hall–Kier alpha value is -0.240. The third-order valence-electron chi connectivity index (χ3n) is 2.60. The SMILES string of the molecule is OCC1OC2OCC(O)(C1O)C2O. The second-order valence-corrected chi connectivity index (χ2v) is 3.42. The molecule has 76 valence electrons. The molecule has 4 N–H and O–H groups in total. The van der Waals surface area contributed by atoms with Crippen LogP contribution in [0.15, 0.2) is 0 Å². The molecule has 5 atom stereocenters. The van der Waals surface area contributed by atoms with Crippen LogP contribution in [-0.2, 0) is 9.47 Å². The first-order valence-corrected chi connectivity index (χ1v) is 4.06. The molecule has 0 aliphatic carbocycles. The minimum atomic E-state index is -1.71. The Morgan fingerprint density at radius 1 is 1.31 bits per heavy atom. The Morgan fingerprint density at radius 2 is 2.00 bits per heavy atom. The van der Waals surface area contributed by atoms with Crippen LogP contribution in [0.2, 0.25) is 0 Å². The number of fused-ring (bicyclic) bond motifs is 2. The van der Waals surface area contributed by atoms with Crippen molar-refractivity contribution in [2.45, 2.75) is 30.2 Å². The summed E-state index contributed by atoms with van der Waals surface area (Å²) in [6, 6.07) is 0. The van der Waals surface area contributed by atoms with Crippen molar-refractivity contribution in [1.82, 2.24) is 0 Å². The Morgan fingerprint density at radius 3 is 2.62 bits per heavy atom. The summed E-state index contributed by atoms with van der Waals surface area (Å²) in [5, 5.41) is 37.5. The van der Waals surface area contributed by atoms with Gasteiger partial charge in [0.2, 0.25) is 0 Å². The van der Waals surface area contributed by atoms with E-state index >= 15 is 0 Å². The van der Waals surface area contributed by atoms with Gasteiger partial charge in [-0.1, -0.05) is 0 Å². The van der Waals surface area contributed by atoms with Crippen molar-refractivity contribution < 1.29 is 29.9 Å². The first-order valence-electron chi connectivity index (χ1n) is 4.06. The highest BCUT2D eigenvalue weighted by atomic mass is 16.7. The number of aliphatic hydroxyl groups excluding tert-OH is 3. The molecule has 2 aliphatic heterocycles. The third-order valence-corrected chi connectivity index (χ3v) is 2.60. The molecule has 0 saturated carbocycles. The highest BCUT2D eigenvalue weighted by Crippen LogP contribution is 2.36. The van der Waals surface area contributed by atoms with Gasteiger partial charge in [-0.25, -0.2) is 0 Å². The fourth-order valence-electron chi connectivity index (χ4n) is 1.71. The van der Waals surface area contributed by atoms with Gasteiger partial charge in [0.05, 0.1) is 13.2 Å². The van der Waals surface area contributed by atoms with E-state index < -0.39 is 36.8 Å². The summed E-state index contributed by atoms with van der Waals surface area (Å²) in [5.74, 6) is 0. The monoisotopic (exact) mass is 192 g/mol. The molecule has 0 radical (unpaired) electrons. The van der Waals surface area contributed by atoms with Crippen LogP contribution < -0.4 is 0 Å². The first kappa shape index (κ1) is 9.32. The number of ether oxygens (including phenoxy) is 2. The van der Waals surface area contributed by atoms with Crippen molar-refractivity contribution in [3.8, 4) is 0 Å². The topological polar surface area (TPSA) is 99.4 Å². The molecule has 2 bridgehead atoms. The molecule has 2 rings (SSSR count). The Labute approximate surface area is 74.3 Å². The molecular formula is C7H12O6. The molecule has 0 aromatic carbocycles. The van der Waals surface area contributed by atoms with Crippen LogP contribution in [0, 0.1) is 0 Å². The van der Waals surface area contributed by atoms with Crippen LogP contribution in [0.4, 0.5) is 0 Å². The number of rotatable bonds is 1.